The Labute approximate surface area is 151 Å². The molecular weight excluding hydrogens is 392 g/mol. The highest BCUT2D eigenvalue weighted by Crippen LogP contribution is 2.29. The molecule has 0 spiro atoms. The van der Waals surface area contributed by atoms with Crippen LogP contribution in [0.1, 0.15) is 24.2 Å². The predicted molar refractivity (Wildman–Crippen MR) is 103 cm³/mol. The molecule has 0 atom stereocenters. The first kappa shape index (κ1) is 16.5. The van der Waals surface area contributed by atoms with Gasteiger partial charge in [0.25, 0.3) is 5.91 Å². The van der Waals surface area contributed by atoms with Crippen molar-refractivity contribution in [2.24, 2.45) is 0 Å². The molecule has 3 aromatic rings. The molecule has 118 valence electrons. The largest absolute Gasteiger partial charge is 0.298 e. The first-order valence-corrected chi connectivity index (χ1v) is 9.64. The number of aromatic nitrogens is 1. The van der Waals surface area contributed by atoms with Crippen LogP contribution in [0, 0.1) is 0 Å². The van der Waals surface area contributed by atoms with Gasteiger partial charge in [-0.1, -0.05) is 41.1 Å². The van der Waals surface area contributed by atoms with E-state index in [-0.39, 0.29) is 5.91 Å². The molecule has 23 heavy (non-hydrogen) atoms. The van der Waals surface area contributed by atoms with E-state index in [1.54, 1.807) is 11.8 Å². The van der Waals surface area contributed by atoms with Gasteiger partial charge < -0.3 is 0 Å². The fraction of sp³-hybridized carbons (Fsp3) is 0.176. The van der Waals surface area contributed by atoms with E-state index in [0.717, 1.165) is 14.7 Å². The minimum Gasteiger partial charge on any atom is -0.298 e. The Morgan fingerprint density at radius 3 is 2.65 bits per heavy atom. The predicted octanol–water partition coefficient (Wildman–Crippen LogP) is 5.81. The van der Waals surface area contributed by atoms with Crippen LogP contribution in [0.15, 0.2) is 51.8 Å². The number of benzene rings is 2. The van der Waals surface area contributed by atoms with Gasteiger partial charge in [-0.2, -0.15) is 0 Å². The lowest BCUT2D eigenvalue weighted by Crippen LogP contribution is -2.11. The third kappa shape index (κ3) is 4.13. The van der Waals surface area contributed by atoms with Crippen LogP contribution in [0.4, 0.5) is 5.13 Å². The highest BCUT2D eigenvalue weighted by molar-refractivity contribution is 9.10. The van der Waals surface area contributed by atoms with Gasteiger partial charge in [0.1, 0.15) is 0 Å². The molecule has 1 amide bonds. The number of halogens is 1. The average Bonchev–Trinajstić information content (AvgIpc) is 2.88. The smallest absolute Gasteiger partial charge is 0.257 e. The molecule has 2 aromatic carbocycles. The molecule has 0 aliphatic rings. The second-order valence-corrected chi connectivity index (χ2v) is 8.87. The molecule has 0 aliphatic heterocycles. The number of nitrogens with one attached hydrogen (secondary N) is 1. The van der Waals surface area contributed by atoms with Crippen LogP contribution in [-0.4, -0.2) is 16.1 Å². The molecule has 0 saturated heterocycles. The summed E-state index contributed by atoms with van der Waals surface area (Å²) in [5.74, 6) is -0.135. The van der Waals surface area contributed by atoms with Crippen LogP contribution < -0.4 is 5.32 Å². The van der Waals surface area contributed by atoms with Crippen LogP contribution in [0.3, 0.4) is 0 Å². The zero-order valence-corrected chi connectivity index (χ0v) is 15.9. The van der Waals surface area contributed by atoms with Crippen molar-refractivity contribution in [3.63, 3.8) is 0 Å². The summed E-state index contributed by atoms with van der Waals surface area (Å²) < 4.78 is 2.04. The number of thiazole rings is 1. The van der Waals surface area contributed by atoms with E-state index < -0.39 is 0 Å². The van der Waals surface area contributed by atoms with Crippen molar-refractivity contribution in [3.8, 4) is 0 Å². The summed E-state index contributed by atoms with van der Waals surface area (Å²) in [6.07, 6.45) is 0. The molecule has 0 bridgehead atoms. The van der Waals surface area contributed by atoms with Crippen LogP contribution in [0.5, 0.6) is 0 Å². The number of hydrogen-bond donors (Lipinski definition) is 1. The number of rotatable bonds is 4. The zero-order valence-electron chi connectivity index (χ0n) is 12.7. The molecule has 0 fully saturated rings. The van der Waals surface area contributed by atoms with Crippen molar-refractivity contribution in [1.29, 1.82) is 0 Å². The van der Waals surface area contributed by atoms with Crippen molar-refractivity contribution >= 4 is 60.3 Å². The van der Waals surface area contributed by atoms with Gasteiger partial charge in [0.15, 0.2) is 5.13 Å². The Bertz CT molecular complexity index is 843. The maximum Gasteiger partial charge on any atom is 0.257 e. The number of fused-ring (bicyclic) bond motifs is 1. The van der Waals surface area contributed by atoms with Gasteiger partial charge in [-0.3, -0.25) is 10.1 Å². The van der Waals surface area contributed by atoms with E-state index >= 15 is 0 Å². The molecule has 6 heteroatoms. The SMILES string of the molecule is CC(C)Sc1ccc(C(=O)Nc2nc3ccc(Br)cc3s2)cc1. The minimum atomic E-state index is -0.135. The number of hydrogen-bond acceptors (Lipinski definition) is 4. The third-order valence-corrected chi connectivity index (χ3v) is 5.50. The van der Waals surface area contributed by atoms with E-state index in [1.165, 1.54) is 16.2 Å². The van der Waals surface area contributed by atoms with Crippen LogP contribution in [0.25, 0.3) is 10.2 Å². The second-order valence-electron chi connectivity index (χ2n) is 5.28. The van der Waals surface area contributed by atoms with Crippen LogP contribution >= 0.6 is 39.0 Å². The quantitative estimate of drug-likeness (QED) is 0.555. The van der Waals surface area contributed by atoms with Gasteiger partial charge in [0, 0.05) is 20.2 Å². The second kappa shape index (κ2) is 7.03. The summed E-state index contributed by atoms with van der Waals surface area (Å²) in [6.45, 7) is 4.30. The van der Waals surface area contributed by atoms with Gasteiger partial charge in [-0.15, -0.1) is 11.8 Å². The Kier molecular flexibility index (Phi) is 5.04. The van der Waals surface area contributed by atoms with Crippen LogP contribution in [0.2, 0.25) is 0 Å². The molecule has 0 saturated carbocycles. The maximum atomic E-state index is 12.3. The summed E-state index contributed by atoms with van der Waals surface area (Å²) in [5.41, 5.74) is 1.52. The van der Waals surface area contributed by atoms with E-state index in [4.69, 9.17) is 0 Å². The number of carbonyl (C=O) groups is 1. The van der Waals surface area contributed by atoms with Gasteiger partial charge in [0.05, 0.1) is 10.2 Å². The van der Waals surface area contributed by atoms with Gasteiger partial charge in [-0.05, 0) is 42.5 Å². The lowest BCUT2D eigenvalue weighted by molar-refractivity contribution is 0.102. The van der Waals surface area contributed by atoms with Crippen molar-refractivity contribution in [3.05, 3.63) is 52.5 Å². The number of nitrogens with zero attached hydrogens (tertiary/aromatic N) is 1. The van der Waals surface area contributed by atoms with E-state index in [9.17, 15) is 4.79 Å². The topological polar surface area (TPSA) is 42.0 Å². The van der Waals surface area contributed by atoms with Crippen molar-refractivity contribution in [2.45, 2.75) is 24.0 Å². The maximum absolute atomic E-state index is 12.3. The monoisotopic (exact) mass is 406 g/mol. The van der Waals surface area contributed by atoms with E-state index in [0.29, 0.717) is 15.9 Å². The Balaban J connectivity index is 1.74. The lowest BCUT2D eigenvalue weighted by Gasteiger charge is -2.06. The number of thioether (sulfide) groups is 1. The van der Waals surface area contributed by atoms with Crippen LogP contribution in [-0.2, 0) is 0 Å². The molecule has 3 rings (SSSR count). The summed E-state index contributed by atoms with van der Waals surface area (Å²) in [5, 5.41) is 4.01. The van der Waals surface area contributed by atoms with Crippen molar-refractivity contribution in [2.75, 3.05) is 5.32 Å². The Morgan fingerprint density at radius 1 is 1.22 bits per heavy atom. The highest BCUT2D eigenvalue weighted by atomic mass is 79.9. The normalized spacial score (nSPS) is 11.1. The summed E-state index contributed by atoms with van der Waals surface area (Å²) in [4.78, 5) is 17.9. The standard InChI is InChI=1S/C17H15BrN2OS2/c1-10(2)22-13-6-3-11(4-7-13)16(21)20-17-19-14-8-5-12(18)9-15(14)23-17/h3-10H,1-2H3,(H,19,20,21). The number of carbonyl (C=O) groups excluding carboxylic acids is 1. The fourth-order valence-corrected chi connectivity index (χ4v) is 4.33. The lowest BCUT2D eigenvalue weighted by atomic mass is 10.2. The van der Waals surface area contributed by atoms with Gasteiger partial charge in [0.2, 0.25) is 0 Å². The number of amides is 1. The molecule has 1 heterocycles. The fourth-order valence-electron chi connectivity index (χ4n) is 2.08. The molecule has 0 aliphatic carbocycles. The Morgan fingerprint density at radius 2 is 1.96 bits per heavy atom. The van der Waals surface area contributed by atoms with Crippen molar-refractivity contribution < 1.29 is 4.79 Å². The van der Waals surface area contributed by atoms with E-state index in [2.05, 4.69) is 40.1 Å². The molecular formula is C17H15BrN2OS2. The first-order valence-electron chi connectivity index (χ1n) is 7.15. The van der Waals surface area contributed by atoms with Gasteiger partial charge >= 0.3 is 0 Å². The molecule has 1 N–H and O–H groups in total. The molecule has 0 unspecified atom stereocenters. The summed E-state index contributed by atoms with van der Waals surface area (Å²) in [6, 6.07) is 13.5. The Hall–Kier alpha value is -1.37. The summed E-state index contributed by atoms with van der Waals surface area (Å²) >= 11 is 6.69. The number of anilines is 1. The highest BCUT2D eigenvalue weighted by Gasteiger charge is 2.10. The van der Waals surface area contributed by atoms with Gasteiger partial charge in [-0.25, -0.2) is 4.98 Å². The molecule has 0 radical (unpaired) electrons. The average molecular weight is 407 g/mol. The van der Waals surface area contributed by atoms with E-state index in [1.807, 2.05) is 42.5 Å². The minimum absolute atomic E-state index is 0.135. The molecule has 1 aromatic heterocycles. The third-order valence-electron chi connectivity index (χ3n) is 3.06. The first-order chi connectivity index (χ1) is 11.0. The van der Waals surface area contributed by atoms with Crippen molar-refractivity contribution in [1.82, 2.24) is 4.98 Å². The summed E-state index contributed by atoms with van der Waals surface area (Å²) in [7, 11) is 0. The molecule has 3 nitrogen and oxygen atoms in total. The zero-order chi connectivity index (χ0) is 16.4.